The van der Waals surface area contributed by atoms with Crippen LogP contribution in [0.15, 0.2) is 12.3 Å². The van der Waals surface area contributed by atoms with Crippen LogP contribution in [0.2, 0.25) is 0 Å². The van der Waals surface area contributed by atoms with Gasteiger partial charge in [-0.3, -0.25) is 9.48 Å². The Morgan fingerprint density at radius 3 is 2.65 bits per heavy atom. The Bertz CT molecular complexity index is 446. The molecule has 0 radical (unpaired) electrons. The van der Waals surface area contributed by atoms with Crippen molar-refractivity contribution in [2.45, 2.75) is 64.0 Å². The molecule has 0 atom stereocenters. The van der Waals surface area contributed by atoms with Gasteiger partial charge in [0.2, 0.25) is 0 Å². The molecule has 1 fully saturated rings. The molecule has 0 saturated heterocycles. The molecule has 1 aliphatic carbocycles. The average Bonchev–Trinajstić information content (AvgIpc) is 3.10. The minimum atomic E-state index is -0.430. The number of aliphatic hydroxyl groups excluding tert-OH is 1. The van der Waals surface area contributed by atoms with Crippen molar-refractivity contribution < 1.29 is 9.90 Å². The summed E-state index contributed by atoms with van der Waals surface area (Å²) in [4.78, 5) is 12.5. The van der Waals surface area contributed by atoms with Crippen LogP contribution in [0.5, 0.6) is 0 Å². The number of amides is 1. The maximum absolute atomic E-state index is 12.5. The highest BCUT2D eigenvalue weighted by Crippen LogP contribution is 2.29. The lowest BCUT2D eigenvalue weighted by molar-refractivity contribution is 0.0824. The van der Waals surface area contributed by atoms with Crippen LogP contribution < -0.4 is 5.32 Å². The molecule has 1 aliphatic rings. The van der Waals surface area contributed by atoms with Crippen molar-refractivity contribution in [2.24, 2.45) is 0 Å². The smallest absolute Gasteiger partial charge is 0.270 e. The molecule has 5 nitrogen and oxygen atoms in total. The summed E-state index contributed by atoms with van der Waals surface area (Å²) in [5, 5.41) is 16.9. The van der Waals surface area contributed by atoms with Gasteiger partial charge in [0.25, 0.3) is 5.91 Å². The highest BCUT2D eigenvalue weighted by Gasteiger charge is 2.35. The van der Waals surface area contributed by atoms with Crippen molar-refractivity contribution >= 4 is 5.91 Å². The zero-order valence-electron chi connectivity index (χ0n) is 12.4. The zero-order valence-corrected chi connectivity index (χ0v) is 12.4. The molecule has 1 saturated carbocycles. The van der Waals surface area contributed by atoms with Crippen LogP contribution in [0, 0.1) is 0 Å². The minimum absolute atomic E-state index is 0.0118. The molecule has 20 heavy (non-hydrogen) atoms. The maximum Gasteiger partial charge on any atom is 0.270 e. The van der Waals surface area contributed by atoms with Gasteiger partial charge in [0, 0.05) is 6.20 Å². The second-order valence-electron chi connectivity index (χ2n) is 5.73. The molecule has 0 unspecified atom stereocenters. The van der Waals surface area contributed by atoms with E-state index in [1.54, 1.807) is 12.3 Å². The van der Waals surface area contributed by atoms with Crippen LogP contribution in [-0.4, -0.2) is 32.9 Å². The first-order valence-corrected chi connectivity index (χ1v) is 7.62. The van der Waals surface area contributed by atoms with Crippen molar-refractivity contribution in [1.29, 1.82) is 0 Å². The summed E-state index contributed by atoms with van der Waals surface area (Å²) in [6, 6.07) is 2.01. The number of nitrogens with zero attached hydrogens (tertiary/aromatic N) is 2. The highest BCUT2D eigenvalue weighted by molar-refractivity contribution is 5.93. The molecule has 0 spiro atoms. The lowest BCUT2D eigenvalue weighted by Gasteiger charge is -2.28. The number of aliphatic hydroxyl groups is 1. The van der Waals surface area contributed by atoms with Gasteiger partial charge >= 0.3 is 0 Å². The van der Waals surface area contributed by atoms with E-state index in [9.17, 15) is 9.90 Å². The van der Waals surface area contributed by atoms with Crippen LogP contribution in [0.4, 0.5) is 0 Å². The molecule has 2 rings (SSSR count). The van der Waals surface area contributed by atoms with E-state index in [1.807, 2.05) is 4.68 Å². The summed E-state index contributed by atoms with van der Waals surface area (Å²) in [7, 11) is 0. The Morgan fingerprint density at radius 2 is 2.10 bits per heavy atom. The number of carbonyl (C=O) groups excluding carboxylic acids is 1. The van der Waals surface area contributed by atoms with Crippen molar-refractivity contribution in [3.05, 3.63) is 18.0 Å². The first-order chi connectivity index (χ1) is 9.65. The maximum atomic E-state index is 12.5. The van der Waals surface area contributed by atoms with Crippen LogP contribution in [0.25, 0.3) is 0 Å². The monoisotopic (exact) mass is 279 g/mol. The summed E-state index contributed by atoms with van der Waals surface area (Å²) >= 11 is 0. The van der Waals surface area contributed by atoms with Gasteiger partial charge in [0.05, 0.1) is 18.2 Å². The summed E-state index contributed by atoms with van der Waals surface area (Å²) in [5.41, 5.74) is 0.165. The number of nitrogens with one attached hydrogen (secondary N) is 1. The molecular formula is C15H25N3O2. The van der Waals surface area contributed by atoms with Crippen molar-refractivity contribution in [2.75, 3.05) is 6.61 Å². The van der Waals surface area contributed by atoms with Gasteiger partial charge in [0.15, 0.2) is 0 Å². The topological polar surface area (TPSA) is 67.2 Å². The van der Waals surface area contributed by atoms with Gasteiger partial charge in [-0.15, -0.1) is 0 Å². The average molecular weight is 279 g/mol. The van der Waals surface area contributed by atoms with Gasteiger partial charge in [-0.25, -0.2) is 0 Å². The molecule has 1 heterocycles. The third-order valence-corrected chi connectivity index (χ3v) is 4.43. The summed E-state index contributed by atoms with van der Waals surface area (Å²) in [5.74, 6) is -0.120. The number of aromatic nitrogens is 2. The molecule has 1 aromatic heterocycles. The van der Waals surface area contributed by atoms with Crippen LogP contribution in [0.1, 0.15) is 68.9 Å². The van der Waals surface area contributed by atoms with Crippen molar-refractivity contribution in [3.8, 4) is 0 Å². The van der Waals surface area contributed by atoms with Gasteiger partial charge in [0.1, 0.15) is 5.69 Å². The van der Waals surface area contributed by atoms with Crippen molar-refractivity contribution in [3.63, 3.8) is 0 Å². The first kappa shape index (κ1) is 15.0. The molecule has 0 aliphatic heterocycles. The SMILES string of the molecule is CCC(CC)n1nccc1C(=O)NC1(CO)CCCC1. The quantitative estimate of drug-likeness (QED) is 0.839. The number of carbonyl (C=O) groups is 1. The fourth-order valence-corrected chi connectivity index (χ4v) is 3.10. The minimum Gasteiger partial charge on any atom is -0.394 e. The zero-order chi connectivity index (χ0) is 14.6. The molecular weight excluding hydrogens is 254 g/mol. The molecule has 1 aromatic rings. The molecule has 112 valence electrons. The standard InChI is InChI=1S/C15H25N3O2/c1-3-12(4-2)18-13(7-10-16-18)14(20)17-15(11-19)8-5-6-9-15/h7,10,12,19H,3-6,8-9,11H2,1-2H3,(H,17,20). The van der Waals surface area contributed by atoms with E-state index in [0.717, 1.165) is 38.5 Å². The Hall–Kier alpha value is -1.36. The predicted octanol–water partition coefficient (Wildman–Crippen LogP) is 2.28. The van der Waals surface area contributed by atoms with E-state index in [2.05, 4.69) is 24.3 Å². The molecule has 1 amide bonds. The van der Waals surface area contributed by atoms with Crippen molar-refractivity contribution in [1.82, 2.24) is 15.1 Å². The summed E-state index contributed by atoms with van der Waals surface area (Å²) in [6.45, 7) is 4.21. The number of hydrogen-bond acceptors (Lipinski definition) is 3. The van der Waals surface area contributed by atoms with Crippen LogP contribution in [0.3, 0.4) is 0 Å². The van der Waals surface area contributed by atoms with Crippen LogP contribution in [-0.2, 0) is 0 Å². The van der Waals surface area contributed by atoms with E-state index in [-0.39, 0.29) is 18.6 Å². The lowest BCUT2D eigenvalue weighted by atomic mass is 9.98. The Kier molecular flexibility index (Phi) is 4.81. The largest absolute Gasteiger partial charge is 0.394 e. The Morgan fingerprint density at radius 1 is 1.45 bits per heavy atom. The normalized spacial score (nSPS) is 17.6. The van der Waals surface area contributed by atoms with E-state index >= 15 is 0 Å². The predicted molar refractivity (Wildman–Crippen MR) is 77.6 cm³/mol. The van der Waals surface area contributed by atoms with Gasteiger partial charge < -0.3 is 10.4 Å². The number of rotatable bonds is 6. The first-order valence-electron chi connectivity index (χ1n) is 7.62. The van der Waals surface area contributed by atoms with E-state index < -0.39 is 5.54 Å². The van der Waals surface area contributed by atoms with E-state index in [0.29, 0.717) is 5.69 Å². The number of hydrogen-bond donors (Lipinski definition) is 2. The highest BCUT2D eigenvalue weighted by atomic mass is 16.3. The Balaban J connectivity index is 2.15. The molecule has 0 bridgehead atoms. The second-order valence-corrected chi connectivity index (χ2v) is 5.73. The summed E-state index contributed by atoms with van der Waals surface area (Å²) < 4.78 is 1.81. The van der Waals surface area contributed by atoms with E-state index in [1.165, 1.54) is 0 Å². The molecule has 0 aromatic carbocycles. The fourth-order valence-electron chi connectivity index (χ4n) is 3.10. The second kappa shape index (κ2) is 6.39. The third kappa shape index (κ3) is 2.87. The van der Waals surface area contributed by atoms with Gasteiger partial charge in [-0.05, 0) is 31.7 Å². The summed E-state index contributed by atoms with van der Waals surface area (Å²) in [6.07, 6.45) is 7.41. The third-order valence-electron chi connectivity index (χ3n) is 4.43. The fraction of sp³-hybridized carbons (Fsp3) is 0.733. The van der Waals surface area contributed by atoms with Gasteiger partial charge in [-0.1, -0.05) is 26.7 Å². The Labute approximate surface area is 120 Å². The van der Waals surface area contributed by atoms with E-state index in [4.69, 9.17) is 0 Å². The van der Waals surface area contributed by atoms with Gasteiger partial charge in [-0.2, -0.15) is 5.10 Å². The molecule has 5 heteroatoms. The van der Waals surface area contributed by atoms with Crippen LogP contribution >= 0.6 is 0 Å². The lowest BCUT2D eigenvalue weighted by Crippen LogP contribution is -2.49. The molecule has 2 N–H and O–H groups in total.